The fourth-order valence-corrected chi connectivity index (χ4v) is 3.55. The molecule has 7 heteroatoms. The summed E-state index contributed by atoms with van der Waals surface area (Å²) in [5.74, 6) is 0.483. The number of hydrogen-bond donors (Lipinski definition) is 1. The highest BCUT2D eigenvalue weighted by Crippen LogP contribution is 2.16. The Morgan fingerprint density at radius 1 is 1.11 bits per heavy atom. The second kappa shape index (κ2) is 8.45. The molecule has 1 aromatic carbocycles. The van der Waals surface area contributed by atoms with Crippen LogP contribution in [0, 0.1) is 0 Å². The van der Waals surface area contributed by atoms with E-state index in [0.717, 1.165) is 57.9 Å². The fraction of sp³-hybridized carbons (Fsp3) is 0.450. The molecule has 1 amide bonds. The minimum Gasteiger partial charge on any atom is -0.377 e. The van der Waals surface area contributed by atoms with Crippen LogP contribution in [0.15, 0.2) is 42.7 Å². The Bertz CT molecular complexity index is 739. The second-order valence-corrected chi connectivity index (χ2v) is 7.01. The molecule has 2 aliphatic rings. The van der Waals surface area contributed by atoms with Crippen LogP contribution in [0.25, 0.3) is 0 Å². The third-order valence-corrected chi connectivity index (χ3v) is 5.07. The number of piperazine rings is 1. The Hall–Kier alpha value is -2.51. The molecule has 27 heavy (non-hydrogen) atoms. The first-order valence-electron chi connectivity index (χ1n) is 9.55. The molecule has 0 unspecified atom stereocenters. The molecule has 3 heterocycles. The van der Waals surface area contributed by atoms with E-state index in [1.165, 1.54) is 0 Å². The van der Waals surface area contributed by atoms with E-state index in [2.05, 4.69) is 20.2 Å². The van der Waals surface area contributed by atoms with Crippen molar-refractivity contribution < 1.29 is 9.53 Å². The van der Waals surface area contributed by atoms with E-state index in [-0.39, 0.29) is 5.91 Å². The van der Waals surface area contributed by atoms with E-state index < -0.39 is 0 Å². The minimum atomic E-state index is -0.00183. The van der Waals surface area contributed by atoms with Gasteiger partial charge in [0.2, 0.25) is 5.95 Å². The number of rotatable bonds is 5. The average molecular weight is 367 g/mol. The highest BCUT2D eigenvalue weighted by atomic mass is 16.5. The van der Waals surface area contributed by atoms with E-state index in [4.69, 9.17) is 4.74 Å². The molecule has 2 saturated heterocycles. The van der Waals surface area contributed by atoms with Crippen LogP contribution in [0.1, 0.15) is 23.2 Å². The number of hydrogen-bond acceptors (Lipinski definition) is 6. The average Bonchev–Trinajstić information content (AvgIpc) is 3.22. The lowest BCUT2D eigenvalue weighted by Crippen LogP contribution is -2.50. The Labute approximate surface area is 159 Å². The van der Waals surface area contributed by atoms with Gasteiger partial charge in [-0.2, -0.15) is 0 Å². The summed E-state index contributed by atoms with van der Waals surface area (Å²) in [6.45, 7) is 5.11. The largest absolute Gasteiger partial charge is 0.377 e. The maximum absolute atomic E-state index is 12.7. The molecule has 2 aromatic rings. The number of aromatic nitrogens is 2. The van der Waals surface area contributed by atoms with Gasteiger partial charge in [-0.3, -0.25) is 9.69 Å². The maximum Gasteiger partial charge on any atom is 0.257 e. The Morgan fingerprint density at radius 2 is 1.85 bits per heavy atom. The van der Waals surface area contributed by atoms with Crippen molar-refractivity contribution in [2.75, 3.05) is 44.6 Å². The summed E-state index contributed by atoms with van der Waals surface area (Å²) in [6.07, 6.45) is 5.88. The molecule has 142 valence electrons. The lowest BCUT2D eigenvalue weighted by atomic mass is 10.2. The van der Waals surface area contributed by atoms with Crippen LogP contribution >= 0.6 is 0 Å². The zero-order chi connectivity index (χ0) is 18.5. The number of carbonyl (C=O) groups excluding carboxylic acids is 1. The molecule has 1 atom stereocenters. The van der Waals surface area contributed by atoms with Crippen molar-refractivity contribution in [1.82, 2.24) is 19.8 Å². The van der Waals surface area contributed by atoms with Crippen molar-refractivity contribution in [3.63, 3.8) is 0 Å². The SMILES string of the molecule is O=C(c1cnc(Nc2ccccc2)nc1)N1CCN(C[C@H]2CCCO2)CC1. The highest BCUT2D eigenvalue weighted by molar-refractivity contribution is 5.93. The van der Waals surface area contributed by atoms with E-state index in [1.54, 1.807) is 12.4 Å². The van der Waals surface area contributed by atoms with Gasteiger partial charge in [-0.15, -0.1) is 0 Å². The van der Waals surface area contributed by atoms with Gasteiger partial charge >= 0.3 is 0 Å². The molecule has 0 bridgehead atoms. The van der Waals surface area contributed by atoms with E-state index >= 15 is 0 Å². The fourth-order valence-electron chi connectivity index (χ4n) is 3.55. The van der Waals surface area contributed by atoms with Crippen molar-refractivity contribution in [1.29, 1.82) is 0 Å². The Kier molecular flexibility index (Phi) is 5.60. The van der Waals surface area contributed by atoms with Crippen LogP contribution in [0.2, 0.25) is 0 Å². The standard InChI is InChI=1S/C20H25N5O2/c26-19(25-10-8-24(9-11-25)15-18-7-4-12-27-18)16-13-21-20(22-14-16)23-17-5-2-1-3-6-17/h1-3,5-6,13-14,18H,4,7-12,15H2,(H,21,22,23)/t18-/m1/s1. The van der Waals surface area contributed by atoms with Gasteiger partial charge < -0.3 is 15.0 Å². The molecule has 2 aliphatic heterocycles. The van der Waals surface area contributed by atoms with E-state index in [1.807, 2.05) is 35.2 Å². The molecule has 0 radical (unpaired) electrons. The monoisotopic (exact) mass is 367 g/mol. The number of para-hydroxylation sites is 1. The van der Waals surface area contributed by atoms with Crippen LogP contribution in [0.5, 0.6) is 0 Å². The predicted octanol–water partition coefficient (Wildman–Crippen LogP) is 2.16. The predicted molar refractivity (Wildman–Crippen MR) is 103 cm³/mol. The van der Waals surface area contributed by atoms with Gasteiger partial charge in [0.15, 0.2) is 0 Å². The van der Waals surface area contributed by atoms with Crippen molar-refractivity contribution in [2.45, 2.75) is 18.9 Å². The number of anilines is 2. The lowest BCUT2D eigenvalue weighted by Gasteiger charge is -2.35. The quantitative estimate of drug-likeness (QED) is 0.873. The van der Waals surface area contributed by atoms with Gasteiger partial charge in [0, 0.05) is 57.4 Å². The van der Waals surface area contributed by atoms with Gasteiger partial charge in [0.05, 0.1) is 11.7 Å². The first-order chi connectivity index (χ1) is 13.3. The number of benzene rings is 1. The summed E-state index contributed by atoms with van der Waals surface area (Å²) < 4.78 is 5.71. The zero-order valence-electron chi connectivity index (χ0n) is 15.4. The van der Waals surface area contributed by atoms with Gasteiger partial charge in [-0.05, 0) is 25.0 Å². The second-order valence-electron chi connectivity index (χ2n) is 7.01. The summed E-state index contributed by atoms with van der Waals surface area (Å²) in [5.41, 5.74) is 1.44. The van der Waals surface area contributed by atoms with E-state index in [9.17, 15) is 4.79 Å². The molecule has 1 N–H and O–H groups in total. The normalized spacial score (nSPS) is 20.6. The van der Waals surface area contributed by atoms with Crippen LogP contribution in [0.4, 0.5) is 11.6 Å². The lowest BCUT2D eigenvalue weighted by molar-refractivity contribution is 0.0432. The number of nitrogens with one attached hydrogen (secondary N) is 1. The molecule has 1 aromatic heterocycles. The molecular weight excluding hydrogens is 342 g/mol. The van der Waals surface area contributed by atoms with Crippen molar-refractivity contribution in [3.05, 3.63) is 48.3 Å². The summed E-state index contributed by atoms with van der Waals surface area (Å²) in [7, 11) is 0. The van der Waals surface area contributed by atoms with Crippen molar-refractivity contribution >= 4 is 17.5 Å². The molecule has 0 aliphatic carbocycles. The van der Waals surface area contributed by atoms with Crippen molar-refractivity contribution in [3.8, 4) is 0 Å². The van der Waals surface area contributed by atoms with Crippen LogP contribution in [-0.2, 0) is 4.74 Å². The first kappa shape index (κ1) is 17.9. The molecule has 0 spiro atoms. The number of amides is 1. The molecule has 4 rings (SSSR count). The minimum absolute atomic E-state index is 0.00183. The molecule has 7 nitrogen and oxygen atoms in total. The molecule has 2 fully saturated rings. The van der Waals surface area contributed by atoms with Crippen LogP contribution in [0.3, 0.4) is 0 Å². The Morgan fingerprint density at radius 3 is 2.52 bits per heavy atom. The number of carbonyl (C=O) groups is 1. The number of ether oxygens (including phenoxy) is 1. The van der Waals surface area contributed by atoms with E-state index in [0.29, 0.717) is 17.6 Å². The first-order valence-corrected chi connectivity index (χ1v) is 9.55. The van der Waals surface area contributed by atoms with Gasteiger partial charge in [0.1, 0.15) is 0 Å². The summed E-state index contributed by atoms with van der Waals surface area (Å²) >= 11 is 0. The smallest absolute Gasteiger partial charge is 0.257 e. The highest BCUT2D eigenvalue weighted by Gasteiger charge is 2.25. The third-order valence-electron chi connectivity index (χ3n) is 5.07. The van der Waals surface area contributed by atoms with Crippen LogP contribution in [-0.4, -0.2) is 71.1 Å². The summed E-state index contributed by atoms with van der Waals surface area (Å²) in [6, 6.07) is 9.73. The zero-order valence-corrected chi connectivity index (χ0v) is 15.4. The Balaban J connectivity index is 1.29. The van der Waals surface area contributed by atoms with Gasteiger partial charge in [-0.25, -0.2) is 9.97 Å². The van der Waals surface area contributed by atoms with Crippen molar-refractivity contribution in [2.24, 2.45) is 0 Å². The summed E-state index contributed by atoms with van der Waals surface area (Å²) in [5, 5.41) is 3.12. The summed E-state index contributed by atoms with van der Waals surface area (Å²) in [4.78, 5) is 25.5. The maximum atomic E-state index is 12.7. The third kappa shape index (κ3) is 4.61. The van der Waals surface area contributed by atoms with Gasteiger partial charge in [0.25, 0.3) is 5.91 Å². The topological polar surface area (TPSA) is 70.6 Å². The van der Waals surface area contributed by atoms with Crippen LogP contribution < -0.4 is 5.32 Å². The molecule has 0 saturated carbocycles. The molecular formula is C20H25N5O2. The number of nitrogens with zero attached hydrogens (tertiary/aromatic N) is 4. The van der Waals surface area contributed by atoms with Gasteiger partial charge in [-0.1, -0.05) is 18.2 Å².